The maximum absolute atomic E-state index is 12.0. The fraction of sp³-hybridized carbons (Fsp3) is 0.438. The molecule has 3 nitrogen and oxygen atoms in total. The van der Waals surface area contributed by atoms with E-state index in [1.54, 1.807) is 0 Å². The Hall–Kier alpha value is -1.61. The number of carbonyl (C=O) groups excluding carboxylic acids is 1. The Morgan fingerprint density at radius 3 is 2.74 bits per heavy atom. The minimum atomic E-state index is -0.557. The van der Waals surface area contributed by atoms with Crippen molar-refractivity contribution in [2.24, 2.45) is 0 Å². The Morgan fingerprint density at radius 2 is 2.00 bits per heavy atom. The second-order valence-corrected chi connectivity index (χ2v) is 4.51. The van der Waals surface area contributed by atoms with Crippen LogP contribution in [0, 0.1) is 0 Å². The number of ether oxygens (including phenoxy) is 2. The van der Waals surface area contributed by atoms with E-state index < -0.39 is 6.10 Å². The van der Waals surface area contributed by atoms with E-state index in [0.717, 1.165) is 18.4 Å². The second kappa shape index (κ2) is 6.53. The molecule has 0 spiro atoms. The molecule has 1 aromatic carbocycles. The lowest BCUT2D eigenvalue weighted by molar-refractivity contribution is -0.153. The smallest absolute Gasteiger partial charge is 0.339 e. The average Bonchev–Trinajstić information content (AvgIpc) is 2.44. The standard InChI is InChI=1S/C16H20O3/c1-3-18-15(16(17)19-4-2)14-10-9-12-7-5-6-8-13(12)11-14/h5-8,11,15H,3-4,9-10H2,1-2H3. The van der Waals surface area contributed by atoms with Crippen LogP contribution in [0.5, 0.6) is 0 Å². The molecule has 1 aromatic rings. The number of rotatable bonds is 5. The monoisotopic (exact) mass is 260 g/mol. The maximum Gasteiger partial charge on any atom is 0.339 e. The summed E-state index contributed by atoms with van der Waals surface area (Å²) >= 11 is 0. The number of aryl methyl sites for hydroxylation is 1. The van der Waals surface area contributed by atoms with Gasteiger partial charge in [0, 0.05) is 6.61 Å². The van der Waals surface area contributed by atoms with Crippen LogP contribution >= 0.6 is 0 Å². The Bertz CT molecular complexity index is 477. The molecule has 1 aliphatic rings. The number of carbonyl (C=O) groups is 1. The minimum Gasteiger partial charge on any atom is -0.464 e. The Labute approximate surface area is 114 Å². The van der Waals surface area contributed by atoms with E-state index in [-0.39, 0.29) is 5.97 Å². The third-order valence-electron chi connectivity index (χ3n) is 3.25. The van der Waals surface area contributed by atoms with Crippen LogP contribution in [0.25, 0.3) is 6.08 Å². The molecule has 2 rings (SSSR count). The van der Waals surface area contributed by atoms with Gasteiger partial charge in [0.15, 0.2) is 6.10 Å². The first-order valence-corrected chi connectivity index (χ1v) is 6.82. The van der Waals surface area contributed by atoms with Gasteiger partial charge in [-0.15, -0.1) is 0 Å². The van der Waals surface area contributed by atoms with Gasteiger partial charge in [-0.1, -0.05) is 30.3 Å². The third kappa shape index (κ3) is 3.24. The summed E-state index contributed by atoms with van der Waals surface area (Å²) in [6.45, 7) is 4.59. The van der Waals surface area contributed by atoms with Gasteiger partial charge < -0.3 is 9.47 Å². The molecule has 0 saturated carbocycles. The molecule has 0 heterocycles. The van der Waals surface area contributed by atoms with Crippen molar-refractivity contribution in [2.75, 3.05) is 13.2 Å². The Morgan fingerprint density at radius 1 is 1.21 bits per heavy atom. The molecule has 3 heteroatoms. The van der Waals surface area contributed by atoms with Gasteiger partial charge in [0.25, 0.3) is 0 Å². The van der Waals surface area contributed by atoms with Crippen LogP contribution in [0.3, 0.4) is 0 Å². The first-order chi connectivity index (χ1) is 9.26. The summed E-state index contributed by atoms with van der Waals surface area (Å²) < 4.78 is 10.7. The zero-order valence-electron chi connectivity index (χ0n) is 11.5. The summed E-state index contributed by atoms with van der Waals surface area (Å²) in [6.07, 6.45) is 3.31. The van der Waals surface area contributed by atoms with Crippen molar-refractivity contribution in [1.29, 1.82) is 0 Å². The lowest BCUT2D eigenvalue weighted by atomic mass is 9.89. The topological polar surface area (TPSA) is 35.5 Å². The van der Waals surface area contributed by atoms with Crippen molar-refractivity contribution in [3.8, 4) is 0 Å². The van der Waals surface area contributed by atoms with Gasteiger partial charge in [0.1, 0.15) is 0 Å². The van der Waals surface area contributed by atoms with Crippen molar-refractivity contribution in [3.63, 3.8) is 0 Å². The molecule has 19 heavy (non-hydrogen) atoms. The highest BCUT2D eigenvalue weighted by molar-refractivity contribution is 5.81. The first kappa shape index (κ1) is 13.8. The summed E-state index contributed by atoms with van der Waals surface area (Å²) in [5.74, 6) is -0.282. The molecule has 0 bridgehead atoms. The highest BCUT2D eigenvalue weighted by Gasteiger charge is 2.26. The number of benzene rings is 1. The van der Waals surface area contributed by atoms with Gasteiger partial charge in [-0.2, -0.15) is 0 Å². The molecule has 1 unspecified atom stereocenters. The van der Waals surface area contributed by atoms with Crippen LogP contribution in [0.15, 0.2) is 29.8 Å². The van der Waals surface area contributed by atoms with E-state index in [1.807, 2.05) is 26.0 Å². The molecule has 0 N–H and O–H groups in total. The Balaban J connectivity index is 2.23. The van der Waals surface area contributed by atoms with Gasteiger partial charge in [-0.25, -0.2) is 4.79 Å². The van der Waals surface area contributed by atoms with Crippen molar-refractivity contribution < 1.29 is 14.3 Å². The summed E-state index contributed by atoms with van der Waals surface area (Å²) in [7, 11) is 0. The molecule has 102 valence electrons. The number of esters is 1. The van der Waals surface area contributed by atoms with Crippen LogP contribution in [-0.2, 0) is 20.7 Å². The largest absolute Gasteiger partial charge is 0.464 e. The van der Waals surface area contributed by atoms with E-state index in [2.05, 4.69) is 18.2 Å². The van der Waals surface area contributed by atoms with Gasteiger partial charge >= 0.3 is 5.97 Å². The molecule has 0 amide bonds. The van der Waals surface area contributed by atoms with Crippen LogP contribution in [0.1, 0.15) is 31.4 Å². The number of hydrogen-bond acceptors (Lipinski definition) is 3. The summed E-state index contributed by atoms with van der Waals surface area (Å²) in [5, 5.41) is 0. The summed E-state index contributed by atoms with van der Waals surface area (Å²) in [5.41, 5.74) is 3.52. The van der Waals surface area contributed by atoms with E-state index in [9.17, 15) is 4.79 Å². The van der Waals surface area contributed by atoms with Crippen LogP contribution in [-0.4, -0.2) is 25.3 Å². The molecular formula is C16H20O3. The van der Waals surface area contributed by atoms with Crippen molar-refractivity contribution in [2.45, 2.75) is 32.8 Å². The van der Waals surface area contributed by atoms with E-state index >= 15 is 0 Å². The molecule has 1 aliphatic carbocycles. The molecule has 1 atom stereocenters. The minimum absolute atomic E-state index is 0.282. The number of hydrogen-bond donors (Lipinski definition) is 0. The molecule has 0 radical (unpaired) electrons. The fourth-order valence-corrected chi connectivity index (χ4v) is 2.37. The van der Waals surface area contributed by atoms with E-state index in [1.165, 1.54) is 11.1 Å². The quantitative estimate of drug-likeness (QED) is 0.763. The van der Waals surface area contributed by atoms with Gasteiger partial charge in [0.2, 0.25) is 0 Å². The average molecular weight is 260 g/mol. The predicted octanol–water partition coefficient (Wildman–Crippen LogP) is 2.98. The molecule has 0 aromatic heterocycles. The van der Waals surface area contributed by atoms with Crippen LogP contribution in [0.4, 0.5) is 0 Å². The molecule has 0 aliphatic heterocycles. The first-order valence-electron chi connectivity index (χ1n) is 6.82. The van der Waals surface area contributed by atoms with E-state index in [0.29, 0.717) is 13.2 Å². The van der Waals surface area contributed by atoms with Crippen LogP contribution in [0.2, 0.25) is 0 Å². The molecule has 0 fully saturated rings. The van der Waals surface area contributed by atoms with Crippen molar-refractivity contribution in [1.82, 2.24) is 0 Å². The van der Waals surface area contributed by atoms with E-state index in [4.69, 9.17) is 9.47 Å². The van der Waals surface area contributed by atoms with Gasteiger partial charge in [-0.3, -0.25) is 0 Å². The highest BCUT2D eigenvalue weighted by atomic mass is 16.6. The SMILES string of the molecule is CCOC(=O)C(OCC)C1=Cc2ccccc2CC1. The second-order valence-electron chi connectivity index (χ2n) is 4.51. The summed E-state index contributed by atoms with van der Waals surface area (Å²) in [6, 6.07) is 8.26. The van der Waals surface area contributed by atoms with Gasteiger partial charge in [-0.05, 0) is 43.4 Å². The lowest BCUT2D eigenvalue weighted by Crippen LogP contribution is -2.29. The van der Waals surface area contributed by atoms with Crippen molar-refractivity contribution >= 4 is 12.0 Å². The molecular weight excluding hydrogens is 240 g/mol. The van der Waals surface area contributed by atoms with Crippen LogP contribution < -0.4 is 0 Å². The predicted molar refractivity (Wildman–Crippen MR) is 74.8 cm³/mol. The zero-order chi connectivity index (χ0) is 13.7. The highest BCUT2D eigenvalue weighted by Crippen LogP contribution is 2.27. The molecule has 0 saturated heterocycles. The maximum atomic E-state index is 12.0. The lowest BCUT2D eigenvalue weighted by Gasteiger charge is -2.23. The number of fused-ring (bicyclic) bond motifs is 1. The Kier molecular flexibility index (Phi) is 4.74. The summed E-state index contributed by atoms with van der Waals surface area (Å²) in [4.78, 5) is 12.0. The zero-order valence-corrected chi connectivity index (χ0v) is 11.5. The van der Waals surface area contributed by atoms with Crippen molar-refractivity contribution in [3.05, 3.63) is 41.0 Å². The third-order valence-corrected chi connectivity index (χ3v) is 3.25. The fourth-order valence-electron chi connectivity index (χ4n) is 2.37. The normalized spacial score (nSPS) is 15.4. The van der Waals surface area contributed by atoms with Gasteiger partial charge in [0.05, 0.1) is 6.61 Å².